The summed E-state index contributed by atoms with van der Waals surface area (Å²) in [7, 11) is 1.62. The van der Waals surface area contributed by atoms with Gasteiger partial charge < -0.3 is 14.6 Å². The number of allylic oxidation sites excluding steroid dienone is 1. The van der Waals surface area contributed by atoms with Gasteiger partial charge in [-0.05, 0) is 55.1 Å². The van der Waals surface area contributed by atoms with Gasteiger partial charge in [-0.3, -0.25) is 4.90 Å². The van der Waals surface area contributed by atoms with Crippen molar-refractivity contribution in [2.45, 2.75) is 17.9 Å². The number of carbonyl (C=O) groups is 1. The number of carbonyl (C=O) groups excluding carboxylic acids is 1. The second-order valence-corrected chi connectivity index (χ2v) is 8.86. The van der Waals surface area contributed by atoms with Gasteiger partial charge in [-0.15, -0.1) is 11.8 Å². The molecule has 4 aromatic rings. The van der Waals surface area contributed by atoms with Crippen molar-refractivity contribution in [3.63, 3.8) is 0 Å². The summed E-state index contributed by atoms with van der Waals surface area (Å²) in [4.78, 5) is 20.8. The van der Waals surface area contributed by atoms with Gasteiger partial charge in [0.05, 0.1) is 24.4 Å². The number of methoxy groups -OCH3 is 1. The van der Waals surface area contributed by atoms with E-state index in [9.17, 15) is 4.79 Å². The lowest BCUT2D eigenvalue weighted by Crippen LogP contribution is -2.46. The normalized spacial score (nSPS) is 15.8. The van der Waals surface area contributed by atoms with Gasteiger partial charge in [-0.1, -0.05) is 47.6 Å². The topological polar surface area (TPSA) is 80.5 Å². The van der Waals surface area contributed by atoms with Gasteiger partial charge in [0.25, 0.3) is 5.89 Å². The van der Waals surface area contributed by atoms with Crippen molar-refractivity contribution in [1.82, 2.24) is 15.5 Å². The number of anilines is 1. The summed E-state index contributed by atoms with van der Waals surface area (Å²) in [6.07, 6.45) is 2.02. The number of rotatable bonds is 6. The fraction of sp³-hybridized carbons (Fsp3) is 0.148. The molecule has 0 bridgehead atoms. The molecule has 1 aliphatic heterocycles. The van der Waals surface area contributed by atoms with Crippen LogP contribution < -0.4 is 15.0 Å². The van der Waals surface area contributed by atoms with Crippen LogP contribution in [-0.2, 0) is 0 Å². The van der Waals surface area contributed by atoms with Crippen molar-refractivity contribution in [3.05, 3.63) is 96.0 Å². The molecule has 0 saturated heterocycles. The number of urea groups is 1. The number of amides is 2. The molecular formula is C27H24N4O3S. The van der Waals surface area contributed by atoms with Gasteiger partial charge in [0.15, 0.2) is 0 Å². The van der Waals surface area contributed by atoms with Crippen LogP contribution in [0.3, 0.4) is 0 Å². The van der Waals surface area contributed by atoms with Crippen LogP contribution in [0.4, 0.5) is 10.5 Å². The third-order valence-corrected chi connectivity index (χ3v) is 6.67. The molecule has 0 fully saturated rings. The highest BCUT2D eigenvalue weighted by Gasteiger charge is 2.36. The zero-order chi connectivity index (χ0) is 24.4. The summed E-state index contributed by atoms with van der Waals surface area (Å²) in [5, 5.41) is 7.35. The lowest BCUT2D eigenvalue weighted by Gasteiger charge is -2.35. The van der Waals surface area contributed by atoms with Crippen LogP contribution in [0.25, 0.3) is 17.0 Å². The summed E-state index contributed by atoms with van der Waals surface area (Å²) in [5.74, 6) is 1.53. The maximum atomic E-state index is 13.4. The molecule has 7 nitrogen and oxygen atoms in total. The highest BCUT2D eigenvalue weighted by molar-refractivity contribution is 7.98. The zero-order valence-corrected chi connectivity index (χ0v) is 20.4. The number of hydrogen-bond acceptors (Lipinski definition) is 6. The second kappa shape index (κ2) is 9.68. The third-order valence-electron chi connectivity index (χ3n) is 5.93. The Hall–Kier alpha value is -4.04. The number of benzene rings is 3. The van der Waals surface area contributed by atoms with Crippen molar-refractivity contribution in [1.29, 1.82) is 0 Å². The molecule has 5 rings (SSSR count). The van der Waals surface area contributed by atoms with E-state index in [1.54, 1.807) is 23.8 Å². The van der Waals surface area contributed by atoms with Crippen molar-refractivity contribution in [2.24, 2.45) is 0 Å². The number of thioether (sulfide) groups is 1. The van der Waals surface area contributed by atoms with E-state index >= 15 is 0 Å². The highest BCUT2D eigenvalue weighted by Crippen LogP contribution is 2.40. The molecule has 0 aliphatic carbocycles. The molecule has 3 aromatic carbocycles. The van der Waals surface area contributed by atoms with Crippen molar-refractivity contribution in [3.8, 4) is 17.1 Å². The predicted molar refractivity (Wildman–Crippen MR) is 137 cm³/mol. The molecule has 2 heterocycles. The Labute approximate surface area is 207 Å². The van der Waals surface area contributed by atoms with E-state index in [0.717, 1.165) is 27.3 Å². The van der Waals surface area contributed by atoms with Crippen molar-refractivity contribution in [2.75, 3.05) is 18.3 Å². The largest absolute Gasteiger partial charge is 0.497 e. The monoisotopic (exact) mass is 484 g/mol. The molecule has 1 aliphatic rings. The van der Waals surface area contributed by atoms with E-state index in [2.05, 4.69) is 10.5 Å². The average Bonchev–Trinajstić information content (AvgIpc) is 3.39. The molecule has 1 aromatic heterocycles. The number of ether oxygens (including phenoxy) is 1. The maximum Gasteiger partial charge on any atom is 0.326 e. The number of nitrogens with zero attached hydrogens (tertiary/aromatic N) is 3. The van der Waals surface area contributed by atoms with Crippen molar-refractivity contribution < 1.29 is 14.1 Å². The summed E-state index contributed by atoms with van der Waals surface area (Å²) in [6.45, 7) is 1.90. The van der Waals surface area contributed by atoms with Crippen LogP contribution in [0.2, 0.25) is 0 Å². The van der Waals surface area contributed by atoms with Gasteiger partial charge in [-0.2, -0.15) is 4.98 Å². The molecule has 1 unspecified atom stereocenters. The molecule has 0 saturated carbocycles. The van der Waals surface area contributed by atoms with Gasteiger partial charge in [-0.25, -0.2) is 4.79 Å². The van der Waals surface area contributed by atoms with E-state index in [4.69, 9.17) is 14.2 Å². The van der Waals surface area contributed by atoms with E-state index in [1.807, 2.05) is 92.0 Å². The maximum absolute atomic E-state index is 13.4. The van der Waals surface area contributed by atoms with Gasteiger partial charge in [0.1, 0.15) is 5.75 Å². The van der Waals surface area contributed by atoms with E-state index in [-0.39, 0.29) is 6.03 Å². The molecule has 35 heavy (non-hydrogen) atoms. The quantitative estimate of drug-likeness (QED) is 0.330. The van der Waals surface area contributed by atoms with Gasteiger partial charge >= 0.3 is 6.03 Å². The molecule has 176 valence electrons. The predicted octanol–water partition coefficient (Wildman–Crippen LogP) is 6.17. The Morgan fingerprint density at radius 2 is 1.80 bits per heavy atom. The lowest BCUT2D eigenvalue weighted by molar-refractivity contribution is 0.244. The SMILES string of the molecule is COc1cccc(C2NC(=O)N(c3ccc(SC)cc3)C(C)=C2c2nc(-c3ccccc3)no2)c1. The third kappa shape index (κ3) is 4.40. The molecular weight excluding hydrogens is 460 g/mol. The van der Waals surface area contributed by atoms with E-state index in [0.29, 0.717) is 23.2 Å². The number of nitrogens with one attached hydrogen (secondary N) is 1. The molecule has 2 amide bonds. The lowest BCUT2D eigenvalue weighted by atomic mass is 9.94. The Morgan fingerprint density at radius 1 is 1.03 bits per heavy atom. The fourth-order valence-electron chi connectivity index (χ4n) is 4.17. The highest BCUT2D eigenvalue weighted by atomic mass is 32.2. The Morgan fingerprint density at radius 3 is 2.51 bits per heavy atom. The summed E-state index contributed by atoms with van der Waals surface area (Å²) in [6, 6.07) is 24.4. The molecule has 1 N–H and O–H groups in total. The van der Waals surface area contributed by atoms with Crippen LogP contribution in [0.1, 0.15) is 24.4 Å². The minimum absolute atomic E-state index is 0.237. The van der Waals surface area contributed by atoms with Crippen LogP contribution in [0.15, 0.2) is 94.0 Å². The summed E-state index contributed by atoms with van der Waals surface area (Å²) in [5.41, 5.74) is 3.89. The van der Waals surface area contributed by atoms with Crippen LogP contribution in [0, 0.1) is 0 Å². The van der Waals surface area contributed by atoms with Crippen LogP contribution in [-0.4, -0.2) is 29.5 Å². The van der Waals surface area contributed by atoms with E-state index in [1.165, 1.54) is 0 Å². The molecule has 8 heteroatoms. The van der Waals surface area contributed by atoms with Crippen LogP contribution in [0.5, 0.6) is 5.75 Å². The fourth-order valence-corrected chi connectivity index (χ4v) is 4.58. The first-order valence-corrected chi connectivity index (χ1v) is 12.3. The average molecular weight is 485 g/mol. The summed E-state index contributed by atoms with van der Waals surface area (Å²) >= 11 is 1.65. The smallest absolute Gasteiger partial charge is 0.326 e. The van der Waals surface area contributed by atoms with Gasteiger partial charge in [0.2, 0.25) is 5.82 Å². The minimum Gasteiger partial charge on any atom is -0.497 e. The Balaban J connectivity index is 1.65. The molecule has 1 atom stereocenters. The summed E-state index contributed by atoms with van der Waals surface area (Å²) < 4.78 is 11.2. The minimum atomic E-state index is -0.497. The van der Waals surface area contributed by atoms with Gasteiger partial charge in [0, 0.05) is 16.2 Å². The number of hydrogen-bond donors (Lipinski definition) is 1. The molecule has 0 spiro atoms. The van der Waals surface area contributed by atoms with Crippen LogP contribution >= 0.6 is 11.8 Å². The standard InChI is InChI=1S/C27H24N4O3S/c1-17-23(26-29-25(30-34-26)18-8-5-4-6-9-18)24(19-10-7-11-21(16-19)33-2)28-27(32)31(17)20-12-14-22(35-3)15-13-20/h4-16,24H,1-3H3,(H,28,32). The van der Waals surface area contributed by atoms with Crippen molar-refractivity contribution >= 4 is 29.1 Å². The molecule has 0 radical (unpaired) electrons. The number of aromatic nitrogens is 2. The Kier molecular flexibility index (Phi) is 6.29. The first kappa shape index (κ1) is 22.7. The second-order valence-electron chi connectivity index (χ2n) is 7.98. The van der Waals surface area contributed by atoms with E-state index < -0.39 is 6.04 Å². The Bertz CT molecular complexity index is 1380. The zero-order valence-electron chi connectivity index (χ0n) is 19.6. The first-order chi connectivity index (χ1) is 17.1. The first-order valence-electron chi connectivity index (χ1n) is 11.1.